The summed E-state index contributed by atoms with van der Waals surface area (Å²) in [5.74, 6) is -0.522. The summed E-state index contributed by atoms with van der Waals surface area (Å²) in [7, 11) is 4.63. The molecule has 2 N–H and O–H groups in total. The molecule has 0 aliphatic heterocycles. The second-order valence-corrected chi connectivity index (χ2v) is 7.34. The van der Waals surface area contributed by atoms with Crippen LogP contribution in [0, 0.1) is 6.92 Å². The second-order valence-electron chi connectivity index (χ2n) is 7.34. The Morgan fingerprint density at radius 3 is 2.65 bits per heavy atom. The first kappa shape index (κ1) is 22.9. The maximum Gasteiger partial charge on any atom is 0.408 e. The zero-order valence-electron chi connectivity index (χ0n) is 18.6. The topological polar surface area (TPSA) is 125 Å². The van der Waals surface area contributed by atoms with Gasteiger partial charge in [-0.25, -0.2) is 19.7 Å². The van der Waals surface area contributed by atoms with Crippen LogP contribution in [0.1, 0.15) is 16.2 Å². The van der Waals surface area contributed by atoms with E-state index in [1.807, 2.05) is 7.05 Å². The Labute approximate surface area is 191 Å². The molecule has 0 amide bonds. The Bertz CT molecular complexity index is 1380. The molecule has 4 rings (SSSR count). The molecule has 0 radical (unpaired) electrons. The lowest BCUT2D eigenvalue weighted by atomic mass is 10.1. The minimum Gasteiger partial charge on any atom is -0.464 e. The number of carbonyl (C=O) groups excluding carboxylic acids is 1. The maximum atomic E-state index is 12.8. The van der Waals surface area contributed by atoms with Crippen molar-refractivity contribution in [3.05, 3.63) is 36.3 Å². The molecule has 34 heavy (non-hydrogen) atoms. The number of nitrogens with zero attached hydrogens (tertiary/aromatic N) is 7. The van der Waals surface area contributed by atoms with Gasteiger partial charge in [0.05, 0.1) is 42.1 Å². The summed E-state index contributed by atoms with van der Waals surface area (Å²) in [6.45, 7) is 0.272. The first-order chi connectivity index (χ1) is 16.1. The number of fused-ring (bicyclic) bond motifs is 1. The van der Waals surface area contributed by atoms with Crippen molar-refractivity contribution in [3.8, 4) is 11.3 Å². The van der Waals surface area contributed by atoms with Crippen molar-refractivity contribution in [2.75, 3.05) is 24.8 Å². The summed E-state index contributed by atoms with van der Waals surface area (Å²) < 4.78 is 45.7. The van der Waals surface area contributed by atoms with Gasteiger partial charge in [0.25, 0.3) is 0 Å². The van der Waals surface area contributed by atoms with Crippen molar-refractivity contribution in [2.45, 2.75) is 19.6 Å². The molecule has 4 heterocycles. The molecule has 0 atom stereocenters. The van der Waals surface area contributed by atoms with Gasteiger partial charge in [-0.1, -0.05) is 0 Å². The van der Waals surface area contributed by atoms with E-state index in [0.717, 1.165) is 10.2 Å². The van der Waals surface area contributed by atoms with Crippen molar-refractivity contribution in [1.82, 2.24) is 34.3 Å². The second kappa shape index (κ2) is 8.61. The van der Waals surface area contributed by atoms with Gasteiger partial charge in [0.2, 0.25) is 0 Å². The molecule has 0 bridgehead atoms. The zero-order chi connectivity index (χ0) is 24.6. The number of carbonyl (C=O) groups is 1. The first-order valence-electron chi connectivity index (χ1n) is 9.92. The normalized spacial score (nSPS) is 11.6. The fourth-order valence-corrected chi connectivity index (χ4v) is 3.37. The van der Waals surface area contributed by atoms with Gasteiger partial charge in [-0.2, -0.15) is 18.3 Å². The summed E-state index contributed by atoms with van der Waals surface area (Å²) in [6.07, 6.45) is 1.57. The van der Waals surface area contributed by atoms with E-state index in [4.69, 9.17) is 4.74 Å². The summed E-state index contributed by atoms with van der Waals surface area (Å²) in [5, 5.41) is 9.65. The van der Waals surface area contributed by atoms with Crippen molar-refractivity contribution >= 4 is 34.3 Å². The zero-order valence-corrected chi connectivity index (χ0v) is 18.6. The highest BCUT2D eigenvalue weighted by atomic mass is 19.4. The molecule has 4 aromatic heterocycles. The number of ether oxygens (including phenoxy) is 1. The summed E-state index contributed by atoms with van der Waals surface area (Å²) >= 11 is 0. The summed E-state index contributed by atoms with van der Waals surface area (Å²) in [5.41, 5.74) is 2.51. The third-order valence-corrected chi connectivity index (χ3v) is 4.95. The summed E-state index contributed by atoms with van der Waals surface area (Å²) in [4.78, 5) is 30.1. The number of hydrogen-bond donors (Lipinski definition) is 2. The number of pyridine rings is 1. The van der Waals surface area contributed by atoms with Gasteiger partial charge >= 0.3 is 12.1 Å². The third kappa shape index (κ3) is 4.33. The average molecular weight is 475 g/mol. The molecule has 0 spiro atoms. The number of aryl methyl sites for hydroxylation is 2. The predicted molar refractivity (Wildman–Crippen MR) is 117 cm³/mol. The molecule has 0 fully saturated rings. The van der Waals surface area contributed by atoms with Crippen molar-refractivity contribution < 1.29 is 22.7 Å². The minimum atomic E-state index is -4.44. The van der Waals surface area contributed by atoms with Crippen LogP contribution in [-0.4, -0.2) is 60.6 Å². The van der Waals surface area contributed by atoms with Crippen LogP contribution in [0.2, 0.25) is 0 Å². The Hall–Kier alpha value is -4.23. The maximum absolute atomic E-state index is 12.8. The number of nitrogens with one attached hydrogen (secondary N) is 2. The highest BCUT2D eigenvalue weighted by molar-refractivity contribution is 5.98. The smallest absolute Gasteiger partial charge is 0.408 e. The third-order valence-electron chi connectivity index (χ3n) is 4.95. The predicted octanol–water partition coefficient (Wildman–Crippen LogP) is 3.06. The molecule has 0 aromatic carbocycles. The molecular formula is C20H20F3N9O2. The lowest BCUT2D eigenvalue weighted by Gasteiger charge is -2.14. The monoisotopic (exact) mass is 475 g/mol. The molecule has 4 aromatic rings. The van der Waals surface area contributed by atoms with E-state index in [0.29, 0.717) is 16.8 Å². The van der Waals surface area contributed by atoms with Crippen LogP contribution in [0.25, 0.3) is 22.3 Å². The number of hydrogen-bond acceptors (Lipinski definition) is 9. The number of imidazole rings is 1. The van der Waals surface area contributed by atoms with Crippen LogP contribution in [0.4, 0.5) is 30.5 Å². The van der Waals surface area contributed by atoms with Crippen LogP contribution in [0.15, 0.2) is 24.9 Å². The number of methoxy groups -OCH3 is 1. The number of halogens is 3. The van der Waals surface area contributed by atoms with Gasteiger partial charge in [-0.05, 0) is 6.92 Å². The summed E-state index contributed by atoms with van der Waals surface area (Å²) in [6, 6.07) is 0. The largest absolute Gasteiger partial charge is 0.464 e. The van der Waals surface area contributed by atoms with Crippen LogP contribution in [-0.2, 0) is 18.3 Å². The standard InChI is InChI=1S/C20H20F3N9O2/c1-10-12(7-32(30-10)8-20(21,22)23)27-18-16(19(33)34-4)28-15(17(24-2)29-18)11-5-25-6-13-14(11)26-9-31(13)3/h5-7,9H,8H2,1-4H3,(H2,24,27,29). The Balaban J connectivity index is 1.83. The van der Waals surface area contributed by atoms with Gasteiger partial charge in [-0.15, -0.1) is 0 Å². The van der Waals surface area contributed by atoms with Gasteiger partial charge < -0.3 is 19.9 Å². The number of alkyl halides is 3. The molecule has 0 saturated carbocycles. The molecule has 11 nitrogen and oxygen atoms in total. The number of anilines is 3. The van der Waals surface area contributed by atoms with E-state index in [9.17, 15) is 18.0 Å². The molecular weight excluding hydrogens is 455 g/mol. The highest BCUT2D eigenvalue weighted by Gasteiger charge is 2.29. The number of aromatic nitrogens is 7. The van der Waals surface area contributed by atoms with Crippen LogP contribution < -0.4 is 10.6 Å². The van der Waals surface area contributed by atoms with Crippen LogP contribution in [0.3, 0.4) is 0 Å². The van der Waals surface area contributed by atoms with Crippen molar-refractivity contribution in [2.24, 2.45) is 7.05 Å². The lowest BCUT2D eigenvalue weighted by Crippen LogP contribution is -2.18. The van der Waals surface area contributed by atoms with Gasteiger partial charge in [0.1, 0.15) is 17.8 Å². The van der Waals surface area contributed by atoms with Crippen LogP contribution >= 0.6 is 0 Å². The molecule has 14 heteroatoms. The molecule has 0 unspecified atom stereocenters. The van der Waals surface area contributed by atoms with Gasteiger partial charge in [0.15, 0.2) is 17.3 Å². The van der Waals surface area contributed by atoms with Crippen molar-refractivity contribution in [1.29, 1.82) is 0 Å². The van der Waals surface area contributed by atoms with Gasteiger partial charge in [0, 0.05) is 26.5 Å². The molecule has 178 valence electrons. The first-order valence-corrected chi connectivity index (χ1v) is 9.92. The fraction of sp³-hybridized carbons (Fsp3) is 0.300. The van der Waals surface area contributed by atoms with Gasteiger partial charge in [-0.3, -0.25) is 9.67 Å². The van der Waals surface area contributed by atoms with Crippen LogP contribution in [0.5, 0.6) is 0 Å². The quantitative estimate of drug-likeness (QED) is 0.405. The Kier molecular flexibility index (Phi) is 5.81. The average Bonchev–Trinajstić information content (AvgIpc) is 3.33. The number of rotatable bonds is 6. The Morgan fingerprint density at radius 1 is 1.21 bits per heavy atom. The van der Waals surface area contributed by atoms with E-state index >= 15 is 0 Å². The van der Waals surface area contributed by atoms with E-state index in [1.54, 1.807) is 30.3 Å². The molecule has 0 aliphatic rings. The van der Waals surface area contributed by atoms with E-state index in [2.05, 4.69) is 35.7 Å². The Morgan fingerprint density at radius 2 is 1.97 bits per heavy atom. The lowest BCUT2D eigenvalue weighted by molar-refractivity contribution is -0.142. The molecule has 0 aliphatic carbocycles. The fourth-order valence-electron chi connectivity index (χ4n) is 3.37. The highest BCUT2D eigenvalue weighted by Crippen LogP contribution is 2.33. The minimum absolute atomic E-state index is 0.0178. The van der Waals surface area contributed by atoms with E-state index in [-0.39, 0.29) is 28.7 Å². The van der Waals surface area contributed by atoms with E-state index in [1.165, 1.54) is 20.2 Å². The number of esters is 1. The van der Waals surface area contributed by atoms with E-state index < -0.39 is 18.7 Å². The SMILES string of the molecule is CNc1nc(Nc2cn(CC(F)(F)F)nc2C)c(C(=O)OC)nc1-c1cncc2c1ncn2C. The molecule has 0 saturated heterocycles. The van der Waals surface area contributed by atoms with Crippen molar-refractivity contribution in [3.63, 3.8) is 0 Å².